The zero-order chi connectivity index (χ0) is 13.1. The molecule has 0 aromatic heterocycles. The average Bonchev–Trinajstić information content (AvgIpc) is 2.14. The van der Waals surface area contributed by atoms with E-state index >= 15 is 0 Å². The van der Waals surface area contributed by atoms with Gasteiger partial charge < -0.3 is 15.2 Å². The molecule has 100 valence electrons. The van der Waals surface area contributed by atoms with Crippen molar-refractivity contribution in [3.8, 4) is 0 Å². The number of amides is 1. The summed E-state index contributed by atoms with van der Waals surface area (Å²) in [4.78, 5) is 11.6. The van der Waals surface area contributed by atoms with Crippen molar-refractivity contribution in [2.45, 2.75) is 71.1 Å². The molecule has 3 unspecified atom stereocenters. The van der Waals surface area contributed by atoms with E-state index in [4.69, 9.17) is 4.74 Å². The van der Waals surface area contributed by atoms with Gasteiger partial charge in [0.15, 0.2) is 0 Å². The number of aliphatic hydroxyl groups excluding tert-OH is 1. The van der Waals surface area contributed by atoms with Crippen molar-refractivity contribution < 1.29 is 14.6 Å². The molecule has 0 saturated heterocycles. The molecule has 0 aliphatic heterocycles. The van der Waals surface area contributed by atoms with Crippen LogP contribution in [0.15, 0.2) is 0 Å². The molecule has 0 aromatic carbocycles. The van der Waals surface area contributed by atoms with Crippen LogP contribution in [0.5, 0.6) is 0 Å². The summed E-state index contributed by atoms with van der Waals surface area (Å²) < 4.78 is 5.20. The van der Waals surface area contributed by atoms with Crippen molar-refractivity contribution in [1.29, 1.82) is 0 Å². The van der Waals surface area contributed by atoms with Crippen molar-refractivity contribution in [2.24, 2.45) is 5.92 Å². The topological polar surface area (TPSA) is 58.6 Å². The first-order chi connectivity index (χ1) is 7.81. The number of rotatable bonds is 2. The van der Waals surface area contributed by atoms with E-state index in [0.717, 1.165) is 19.3 Å². The zero-order valence-corrected chi connectivity index (χ0v) is 11.3. The summed E-state index contributed by atoms with van der Waals surface area (Å²) in [5.74, 6) is 0.381. The number of aliphatic hydroxyl groups is 1. The molecule has 0 aromatic rings. The molecule has 17 heavy (non-hydrogen) atoms. The van der Waals surface area contributed by atoms with Gasteiger partial charge in [0.1, 0.15) is 5.60 Å². The largest absolute Gasteiger partial charge is 0.444 e. The number of nitrogens with one attached hydrogen (secondary N) is 1. The third-order valence-electron chi connectivity index (χ3n) is 3.20. The summed E-state index contributed by atoms with van der Waals surface area (Å²) in [6.07, 6.45) is 2.85. The first kappa shape index (κ1) is 14.3. The lowest BCUT2D eigenvalue weighted by Crippen LogP contribution is -2.44. The van der Waals surface area contributed by atoms with Crippen LogP contribution < -0.4 is 5.32 Å². The lowest BCUT2D eigenvalue weighted by Gasteiger charge is -2.33. The van der Waals surface area contributed by atoms with Gasteiger partial charge in [0.05, 0.1) is 6.10 Å². The van der Waals surface area contributed by atoms with Gasteiger partial charge in [0, 0.05) is 6.04 Å². The van der Waals surface area contributed by atoms with Crippen LogP contribution in [0.25, 0.3) is 0 Å². The molecular formula is C13H25NO3. The minimum Gasteiger partial charge on any atom is -0.444 e. The predicted molar refractivity (Wildman–Crippen MR) is 66.8 cm³/mol. The van der Waals surface area contributed by atoms with E-state index in [1.165, 1.54) is 0 Å². The van der Waals surface area contributed by atoms with Gasteiger partial charge in [-0.15, -0.1) is 0 Å². The lowest BCUT2D eigenvalue weighted by molar-refractivity contribution is 0.0333. The van der Waals surface area contributed by atoms with Crippen LogP contribution in [0.4, 0.5) is 4.79 Å². The van der Waals surface area contributed by atoms with E-state index in [1.54, 1.807) is 0 Å². The predicted octanol–water partition coefficient (Wildman–Crippen LogP) is 2.45. The second-order valence-corrected chi connectivity index (χ2v) is 5.89. The van der Waals surface area contributed by atoms with Crippen LogP contribution in [0.2, 0.25) is 0 Å². The molecule has 0 spiro atoms. The highest BCUT2D eigenvalue weighted by molar-refractivity contribution is 5.68. The van der Waals surface area contributed by atoms with E-state index in [2.05, 4.69) is 12.2 Å². The summed E-state index contributed by atoms with van der Waals surface area (Å²) in [6.45, 7) is 7.62. The molecule has 1 rings (SSSR count). The highest BCUT2D eigenvalue weighted by Crippen LogP contribution is 2.27. The number of carbonyl (C=O) groups is 1. The maximum Gasteiger partial charge on any atom is 0.407 e. The van der Waals surface area contributed by atoms with Crippen LogP contribution in [0.3, 0.4) is 0 Å². The fourth-order valence-electron chi connectivity index (χ4n) is 2.29. The van der Waals surface area contributed by atoms with Gasteiger partial charge in [-0.1, -0.05) is 13.3 Å². The van der Waals surface area contributed by atoms with Crippen LogP contribution in [0, 0.1) is 5.92 Å². The Bertz CT molecular complexity index is 260. The van der Waals surface area contributed by atoms with E-state index in [-0.39, 0.29) is 18.2 Å². The molecule has 1 saturated carbocycles. The molecule has 2 N–H and O–H groups in total. The van der Waals surface area contributed by atoms with Gasteiger partial charge in [-0.3, -0.25) is 0 Å². The summed E-state index contributed by atoms with van der Waals surface area (Å²) >= 11 is 0. The van der Waals surface area contributed by atoms with E-state index in [0.29, 0.717) is 12.3 Å². The zero-order valence-electron chi connectivity index (χ0n) is 11.3. The Labute approximate surface area is 104 Å². The Morgan fingerprint density at radius 1 is 1.41 bits per heavy atom. The van der Waals surface area contributed by atoms with Crippen molar-refractivity contribution in [3.63, 3.8) is 0 Å². The van der Waals surface area contributed by atoms with Crippen LogP contribution in [-0.2, 0) is 4.74 Å². The number of hydrogen-bond acceptors (Lipinski definition) is 3. The molecule has 0 bridgehead atoms. The average molecular weight is 243 g/mol. The van der Waals surface area contributed by atoms with Gasteiger partial charge in [0.2, 0.25) is 0 Å². The van der Waals surface area contributed by atoms with E-state index in [9.17, 15) is 9.90 Å². The monoisotopic (exact) mass is 243 g/mol. The quantitative estimate of drug-likeness (QED) is 0.783. The lowest BCUT2D eigenvalue weighted by atomic mass is 9.82. The van der Waals surface area contributed by atoms with Gasteiger partial charge in [-0.25, -0.2) is 4.79 Å². The Balaban J connectivity index is 2.36. The Kier molecular flexibility index (Phi) is 4.80. The summed E-state index contributed by atoms with van der Waals surface area (Å²) in [6, 6.07) is 0.0441. The molecule has 1 amide bonds. The minimum atomic E-state index is -0.469. The molecule has 4 nitrogen and oxygen atoms in total. The van der Waals surface area contributed by atoms with Crippen LogP contribution in [-0.4, -0.2) is 28.9 Å². The van der Waals surface area contributed by atoms with Gasteiger partial charge >= 0.3 is 6.09 Å². The second kappa shape index (κ2) is 5.71. The third-order valence-corrected chi connectivity index (χ3v) is 3.20. The van der Waals surface area contributed by atoms with Crippen molar-refractivity contribution in [2.75, 3.05) is 0 Å². The smallest absolute Gasteiger partial charge is 0.407 e. The highest BCUT2D eigenvalue weighted by Gasteiger charge is 2.29. The highest BCUT2D eigenvalue weighted by atomic mass is 16.6. The Morgan fingerprint density at radius 3 is 2.53 bits per heavy atom. The van der Waals surface area contributed by atoms with Crippen molar-refractivity contribution in [3.05, 3.63) is 0 Å². The van der Waals surface area contributed by atoms with Gasteiger partial charge in [0.25, 0.3) is 0 Å². The third kappa shape index (κ3) is 4.94. The normalized spacial score (nSPS) is 29.8. The molecule has 3 atom stereocenters. The van der Waals surface area contributed by atoms with Gasteiger partial charge in [-0.05, 0) is 46.0 Å². The van der Waals surface area contributed by atoms with E-state index in [1.807, 2.05) is 20.8 Å². The van der Waals surface area contributed by atoms with Gasteiger partial charge in [-0.2, -0.15) is 0 Å². The first-order valence-electron chi connectivity index (χ1n) is 6.49. The molecule has 1 aliphatic carbocycles. The summed E-state index contributed by atoms with van der Waals surface area (Å²) in [5.41, 5.74) is -0.469. The second-order valence-electron chi connectivity index (χ2n) is 5.89. The maximum atomic E-state index is 11.6. The molecule has 1 aliphatic rings. The SMILES string of the molecule is CCC1CCC(NC(=O)OC(C)(C)C)CC1O. The molecular weight excluding hydrogens is 218 g/mol. The van der Waals surface area contributed by atoms with Crippen molar-refractivity contribution in [1.82, 2.24) is 5.32 Å². The standard InChI is InChI=1S/C13H25NO3/c1-5-9-6-7-10(8-11(9)15)14-12(16)17-13(2,3)4/h9-11,15H,5-8H2,1-4H3,(H,14,16). The van der Waals surface area contributed by atoms with Crippen molar-refractivity contribution >= 4 is 6.09 Å². The van der Waals surface area contributed by atoms with Crippen LogP contribution in [0.1, 0.15) is 53.4 Å². The first-order valence-corrected chi connectivity index (χ1v) is 6.49. The molecule has 0 heterocycles. The molecule has 0 radical (unpaired) electrons. The number of carbonyl (C=O) groups excluding carboxylic acids is 1. The Hall–Kier alpha value is -0.770. The number of alkyl carbamates (subject to hydrolysis) is 1. The van der Waals surface area contributed by atoms with E-state index < -0.39 is 5.60 Å². The number of hydrogen-bond donors (Lipinski definition) is 2. The summed E-state index contributed by atoms with van der Waals surface area (Å²) in [7, 11) is 0. The Morgan fingerprint density at radius 2 is 2.06 bits per heavy atom. The fourth-order valence-corrected chi connectivity index (χ4v) is 2.29. The maximum absolute atomic E-state index is 11.6. The minimum absolute atomic E-state index is 0.0441. The fraction of sp³-hybridized carbons (Fsp3) is 0.923. The van der Waals surface area contributed by atoms with Crippen LogP contribution >= 0.6 is 0 Å². The number of ether oxygens (including phenoxy) is 1. The summed E-state index contributed by atoms with van der Waals surface area (Å²) in [5, 5.41) is 12.7. The molecule has 1 fully saturated rings. The molecule has 4 heteroatoms.